The Balaban J connectivity index is 2.03. The van der Waals surface area contributed by atoms with Crippen LogP contribution in [-0.2, 0) is 0 Å². The predicted octanol–water partition coefficient (Wildman–Crippen LogP) is 3.31. The summed E-state index contributed by atoms with van der Waals surface area (Å²) < 4.78 is 6.79. The smallest absolute Gasteiger partial charge is 0.127 e. The van der Waals surface area contributed by atoms with Crippen LogP contribution in [0.1, 0.15) is 5.56 Å². The zero-order valence-corrected chi connectivity index (χ0v) is 13.3. The minimum absolute atomic E-state index is 0.253. The van der Waals surface area contributed by atoms with Crippen LogP contribution in [0.5, 0.6) is 11.5 Å². The molecule has 21 heavy (non-hydrogen) atoms. The summed E-state index contributed by atoms with van der Waals surface area (Å²) in [6, 6.07) is 13.3. The molecule has 0 aliphatic heterocycles. The fourth-order valence-electron chi connectivity index (χ4n) is 1.83. The van der Waals surface area contributed by atoms with E-state index >= 15 is 0 Å². The van der Waals surface area contributed by atoms with Gasteiger partial charge in [0.1, 0.15) is 11.5 Å². The average Bonchev–Trinajstić information content (AvgIpc) is 2.48. The van der Waals surface area contributed by atoms with Crippen LogP contribution in [0.25, 0.3) is 0 Å². The van der Waals surface area contributed by atoms with Gasteiger partial charge in [-0.2, -0.15) is 0 Å². The molecule has 4 nitrogen and oxygen atoms in total. The second-order valence-corrected chi connectivity index (χ2v) is 5.67. The number of anilines is 1. The third-order valence-electron chi connectivity index (χ3n) is 2.99. The van der Waals surface area contributed by atoms with Gasteiger partial charge in [0.05, 0.1) is 12.7 Å². The topological polar surface area (TPSA) is 61.7 Å². The lowest BCUT2D eigenvalue weighted by Gasteiger charge is -2.14. The molecule has 112 valence electrons. The van der Waals surface area contributed by atoms with Crippen LogP contribution in [0, 0.1) is 6.92 Å². The van der Waals surface area contributed by atoms with Crippen molar-refractivity contribution in [1.82, 2.24) is 0 Å². The van der Waals surface area contributed by atoms with Crippen LogP contribution >= 0.6 is 15.9 Å². The van der Waals surface area contributed by atoms with Crippen LogP contribution in [0.4, 0.5) is 5.69 Å². The molecule has 3 N–H and O–H groups in total. The Labute approximate surface area is 132 Å². The zero-order valence-electron chi connectivity index (χ0n) is 11.7. The largest absolute Gasteiger partial charge is 0.457 e. The third-order valence-corrected chi connectivity index (χ3v) is 3.51. The minimum atomic E-state index is -0.761. The number of aliphatic hydroxyl groups excluding tert-OH is 2. The van der Waals surface area contributed by atoms with Crippen LogP contribution in [0.2, 0.25) is 0 Å². The molecule has 2 aromatic carbocycles. The number of rotatable bonds is 6. The molecule has 0 spiro atoms. The Hall–Kier alpha value is -1.56. The van der Waals surface area contributed by atoms with E-state index in [0.29, 0.717) is 6.54 Å². The number of hydrogen-bond acceptors (Lipinski definition) is 4. The monoisotopic (exact) mass is 351 g/mol. The second-order valence-electron chi connectivity index (χ2n) is 4.75. The van der Waals surface area contributed by atoms with Gasteiger partial charge in [-0.15, -0.1) is 0 Å². The number of aliphatic hydroxyl groups is 2. The van der Waals surface area contributed by atoms with Crippen LogP contribution in [0.15, 0.2) is 46.9 Å². The highest BCUT2D eigenvalue weighted by atomic mass is 79.9. The molecule has 0 bridgehead atoms. The first-order valence-corrected chi connectivity index (χ1v) is 7.44. The fourth-order valence-corrected chi connectivity index (χ4v) is 2.09. The van der Waals surface area contributed by atoms with E-state index in [2.05, 4.69) is 21.2 Å². The van der Waals surface area contributed by atoms with Crippen LogP contribution < -0.4 is 10.1 Å². The molecule has 0 aliphatic carbocycles. The first kappa shape index (κ1) is 15.8. The van der Waals surface area contributed by atoms with Crippen molar-refractivity contribution in [3.05, 3.63) is 52.5 Å². The minimum Gasteiger partial charge on any atom is -0.457 e. The number of benzene rings is 2. The maximum atomic E-state index is 9.34. The van der Waals surface area contributed by atoms with Gasteiger partial charge in [-0.05, 0) is 55.0 Å². The van der Waals surface area contributed by atoms with Gasteiger partial charge in [0.2, 0.25) is 0 Å². The SMILES string of the molecule is Cc1cc(Oc2ccc(Br)cc2)ccc1NCC(O)CO. The van der Waals surface area contributed by atoms with E-state index in [9.17, 15) is 5.11 Å². The molecule has 0 fully saturated rings. The van der Waals surface area contributed by atoms with Crippen LogP contribution in [0.3, 0.4) is 0 Å². The van der Waals surface area contributed by atoms with Gasteiger partial charge in [0, 0.05) is 16.7 Å². The van der Waals surface area contributed by atoms with Crippen molar-refractivity contribution in [3.8, 4) is 11.5 Å². The summed E-state index contributed by atoms with van der Waals surface area (Å²) in [5, 5.41) is 21.2. The summed E-state index contributed by atoms with van der Waals surface area (Å²) in [5.41, 5.74) is 1.92. The fraction of sp³-hybridized carbons (Fsp3) is 0.250. The Bertz CT molecular complexity index is 587. The quantitative estimate of drug-likeness (QED) is 0.747. The Kier molecular flexibility index (Phi) is 5.61. The Morgan fingerprint density at radius 1 is 1.14 bits per heavy atom. The maximum Gasteiger partial charge on any atom is 0.127 e. The molecule has 2 aromatic rings. The van der Waals surface area contributed by atoms with E-state index in [1.54, 1.807) is 0 Å². The van der Waals surface area contributed by atoms with Crippen LogP contribution in [-0.4, -0.2) is 29.5 Å². The zero-order chi connectivity index (χ0) is 15.2. The molecule has 0 saturated carbocycles. The summed E-state index contributed by atoms with van der Waals surface area (Å²) in [6.07, 6.45) is -0.761. The molecule has 0 radical (unpaired) electrons. The number of halogens is 1. The van der Waals surface area contributed by atoms with E-state index in [0.717, 1.165) is 27.2 Å². The summed E-state index contributed by atoms with van der Waals surface area (Å²) in [6.45, 7) is 2.02. The van der Waals surface area contributed by atoms with Gasteiger partial charge in [-0.25, -0.2) is 0 Å². The van der Waals surface area contributed by atoms with Crippen molar-refractivity contribution in [2.45, 2.75) is 13.0 Å². The van der Waals surface area contributed by atoms with Crippen molar-refractivity contribution in [3.63, 3.8) is 0 Å². The first-order valence-electron chi connectivity index (χ1n) is 6.65. The highest BCUT2D eigenvalue weighted by Gasteiger charge is 2.05. The summed E-state index contributed by atoms with van der Waals surface area (Å²) >= 11 is 3.38. The van der Waals surface area contributed by atoms with E-state index in [4.69, 9.17) is 9.84 Å². The van der Waals surface area contributed by atoms with E-state index < -0.39 is 6.10 Å². The highest BCUT2D eigenvalue weighted by molar-refractivity contribution is 9.10. The molecular formula is C16H18BrNO3. The van der Waals surface area contributed by atoms with E-state index in [1.807, 2.05) is 49.4 Å². The van der Waals surface area contributed by atoms with Gasteiger partial charge in [-0.3, -0.25) is 0 Å². The molecule has 5 heteroatoms. The highest BCUT2D eigenvalue weighted by Crippen LogP contribution is 2.27. The second kappa shape index (κ2) is 7.45. The molecule has 2 rings (SSSR count). The molecule has 1 unspecified atom stereocenters. The van der Waals surface area contributed by atoms with Crippen molar-refractivity contribution in [1.29, 1.82) is 0 Å². The van der Waals surface area contributed by atoms with Crippen molar-refractivity contribution in [2.24, 2.45) is 0 Å². The molecule has 0 aromatic heterocycles. The van der Waals surface area contributed by atoms with Crippen molar-refractivity contribution < 1.29 is 14.9 Å². The predicted molar refractivity (Wildman–Crippen MR) is 87.0 cm³/mol. The number of nitrogens with one attached hydrogen (secondary N) is 1. The normalized spacial score (nSPS) is 12.0. The average molecular weight is 352 g/mol. The Morgan fingerprint density at radius 2 is 1.81 bits per heavy atom. The molecule has 0 aliphatic rings. The maximum absolute atomic E-state index is 9.34. The molecule has 0 saturated heterocycles. The first-order chi connectivity index (χ1) is 10.1. The van der Waals surface area contributed by atoms with E-state index in [1.165, 1.54) is 0 Å². The van der Waals surface area contributed by atoms with Crippen molar-refractivity contribution in [2.75, 3.05) is 18.5 Å². The lowest BCUT2D eigenvalue weighted by molar-refractivity contribution is 0.105. The summed E-state index contributed by atoms with van der Waals surface area (Å²) in [4.78, 5) is 0. The lowest BCUT2D eigenvalue weighted by atomic mass is 10.2. The van der Waals surface area contributed by atoms with Gasteiger partial charge in [-0.1, -0.05) is 15.9 Å². The van der Waals surface area contributed by atoms with E-state index in [-0.39, 0.29) is 6.61 Å². The van der Waals surface area contributed by atoms with Crippen molar-refractivity contribution >= 4 is 21.6 Å². The van der Waals surface area contributed by atoms with Gasteiger partial charge in [0.25, 0.3) is 0 Å². The third kappa shape index (κ3) is 4.74. The molecule has 1 atom stereocenters. The summed E-state index contributed by atoms with van der Waals surface area (Å²) in [7, 11) is 0. The number of ether oxygens (including phenoxy) is 1. The van der Waals surface area contributed by atoms with Gasteiger partial charge in [0.15, 0.2) is 0 Å². The molecule has 0 amide bonds. The molecular weight excluding hydrogens is 334 g/mol. The standard InChI is InChI=1S/C16H18BrNO3/c1-11-8-15(21-14-4-2-12(17)3-5-14)6-7-16(11)18-9-13(20)10-19/h2-8,13,18-20H,9-10H2,1H3. The van der Waals surface area contributed by atoms with Gasteiger partial charge >= 0.3 is 0 Å². The Morgan fingerprint density at radius 3 is 2.43 bits per heavy atom. The number of aryl methyl sites for hydroxylation is 1. The molecule has 0 heterocycles. The number of hydrogen-bond donors (Lipinski definition) is 3. The lowest BCUT2D eigenvalue weighted by Crippen LogP contribution is -2.23. The van der Waals surface area contributed by atoms with Gasteiger partial charge < -0.3 is 20.3 Å². The summed E-state index contributed by atoms with van der Waals surface area (Å²) in [5.74, 6) is 1.53.